The van der Waals surface area contributed by atoms with Crippen molar-refractivity contribution in [3.8, 4) is 0 Å². The smallest absolute Gasteiger partial charge is 0.0506 e. The van der Waals surface area contributed by atoms with Crippen molar-refractivity contribution in [3.63, 3.8) is 0 Å². The van der Waals surface area contributed by atoms with E-state index in [1.54, 1.807) is 0 Å². The molecule has 1 N–H and O–H groups in total. The third-order valence-corrected chi connectivity index (χ3v) is 7.14. The first-order chi connectivity index (χ1) is 9.22. The number of hydrogen-bond donors (Lipinski definition) is 1. The van der Waals surface area contributed by atoms with Crippen LogP contribution in [-0.4, -0.2) is 27.3 Å². The minimum atomic E-state index is -0.610. The molecular formula is C16H31NOS. The Morgan fingerprint density at radius 3 is 2.53 bits per heavy atom. The Balaban J connectivity index is 1.96. The zero-order chi connectivity index (χ0) is 13.7. The average Bonchev–Trinajstić information content (AvgIpc) is 2.46. The molecule has 4 unspecified atom stereocenters. The van der Waals surface area contributed by atoms with E-state index in [0.717, 1.165) is 12.5 Å². The van der Waals surface area contributed by atoms with Crippen molar-refractivity contribution in [1.29, 1.82) is 0 Å². The molecule has 0 aromatic carbocycles. The first kappa shape index (κ1) is 15.5. The molecule has 2 rings (SSSR count). The normalized spacial score (nSPS) is 35.2. The van der Waals surface area contributed by atoms with Crippen molar-refractivity contribution in [2.75, 3.05) is 6.54 Å². The fraction of sp³-hybridized carbons (Fsp3) is 1.00. The highest BCUT2D eigenvalue weighted by Gasteiger charge is 2.35. The van der Waals surface area contributed by atoms with E-state index >= 15 is 0 Å². The van der Waals surface area contributed by atoms with E-state index in [1.165, 1.54) is 57.8 Å². The molecule has 0 amide bonds. The first-order valence-corrected chi connectivity index (χ1v) is 9.62. The van der Waals surface area contributed by atoms with Crippen LogP contribution in [0, 0.1) is 5.92 Å². The van der Waals surface area contributed by atoms with Gasteiger partial charge in [-0.05, 0) is 51.0 Å². The fourth-order valence-electron chi connectivity index (χ4n) is 3.69. The van der Waals surface area contributed by atoms with E-state index in [0.29, 0.717) is 16.5 Å². The predicted molar refractivity (Wildman–Crippen MR) is 83.9 cm³/mol. The standard InChI is InChI=1S/C16H31NOS/c1-3-11-17-15-10-9-13(2)12-16(15)19(18)14-7-5-4-6-8-14/h13-17H,3-12H2,1-2H3. The average molecular weight is 285 g/mol. The Morgan fingerprint density at radius 1 is 1.11 bits per heavy atom. The highest BCUT2D eigenvalue weighted by molar-refractivity contribution is 7.86. The van der Waals surface area contributed by atoms with Crippen molar-refractivity contribution < 1.29 is 4.21 Å². The van der Waals surface area contributed by atoms with E-state index in [4.69, 9.17) is 0 Å². The molecule has 4 atom stereocenters. The maximum absolute atomic E-state index is 12.9. The van der Waals surface area contributed by atoms with Crippen LogP contribution in [0.5, 0.6) is 0 Å². The van der Waals surface area contributed by atoms with Gasteiger partial charge in [0.25, 0.3) is 0 Å². The molecule has 0 aliphatic heterocycles. The summed E-state index contributed by atoms with van der Waals surface area (Å²) in [5.41, 5.74) is 0. The molecule has 0 saturated heterocycles. The Kier molecular flexibility index (Phi) is 6.34. The van der Waals surface area contributed by atoms with Crippen LogP contribution in [0.4, 0.5) is 0 Å². The van der Waals surface area contributed by atoms with Gasteiger partial charge in [0.05, 0.1) is 5.25 Å². The molecule has 0 aromatic rings. The summed E-state index contributed by atoms with van der Waals surface area (Å²) < 4.78 is 12.9. The quantitative estimate of drug-likeness (QED) is 0.836. The lowest BCUT2D eigenvalue weighted by atomic mass is 9.87. The maximum atomic E-state index is 12.9. The van der Waals surface area contributed by atoms with Gasteiger partial charge >= 0.3 is 0 Å². The summed E-state index contributed by atoms with van der Waals surface area (Å²) in [5, 5.41) is 4.58. The van der Waals surface area contributed by atoms with Gasteiger partial charge < -0.3 is 5.32 Å². The molecule has 19 heavy (non-hydrogen) atoms. The highest BCUT2D eigenvalue weighted by Crippen LogP contribution is 2.32. The van der Waals surface area contributed by atoms with Gasteiger partial charge in [-0.1, -0.05) is 33.1 Å². The van der Waals surface area contributed by atoms with Crippen molar-refractivity contribution in [1.82, 2.24) is 5.32 Å². The molecule has 112 valence electrons. The molecule has 0 heterocycles. The van der Waals surface area contributed by atoms with E-state index in [9.17, 15) is 4.21 Å². The molecule has 2 nitrogen and oxygen atoms in total. The zero-order valence-electron chi connectivity index (χ0n) is 12.7. The van der Waals surface area contributed by atoms with Crippen LogP contribution in [0.3, 0.4) is 0 Å². The van der Waals surface area contributed by atoms with Crippen LogP contribution < -0.4 is 5.32 Å². The van der Waals surface area contributed by atoms with E-state index in [2.05, 4.69) is 19.2 Å². The molecule has 0 spiro atoms. The molecular weight excluding hydrogens is 254 g/mol. The Labute approximate surface area is 121 Å². The lowest BCUT2D eigenvalue weighted by Crippen LogP contribution is -2.48. The Hall–Kier alpha value is 0.110. The summed E-state index contributed by atoms with van der Waals surface area (Å²) in [4.78, 5) is 0. The van der Waals surface area contributed by atoms with Gasteiger partial charge in [0.2, 0.25) is 0 Å². The number of nitrogens with one attached hydrogen (secondary N) is 1. The highest BCUT2D eigenvalue weighted by atomic mass is 32.2. The number of rotatable bonds is 5. The minimum Gasteiger partial charge on any atom is -0.313 e. The van der Waals surface area contributed by atoms with Gasteiger partial charge in [0, 0.05) is 22.1 Å². The Bertz CT molecular complexity index is 286. The van der Waals surface area contributed by atoms with Crippen molar-refractivity contribution in [3.05, 3.63) is 0 Å². The predicted octanol–water partition coefficient (Wildman–Crippen LogP) is 3.62. The van der Waals surface area contributed by atoms with Crippen LogP contribution in [-0.2, 0) is 10.8 Å². The second kappa shape index (κ2) is 7.78. The topological polar surface area (TPSA) is 29.1 Å². The van der Waals surface area contributed by atoms with E-state index in [1.807, 2.05) is 0 Å². The largest absolute Gasteiger partial charge is 0.313 e. The van der Waals surface area contributed by atoms with Crippen LogP contribution in [0.1, 0.15) is 71.6 Å². The molecule has 0 aromatic heterocycles. The third kappa shape index (κ3) is 4.29. The molecule has 0 bridgehead atoms. The third-order valence-electron chi connectivity index (χ3n) is 4.89. The summed E-state index contributed by atoms with van der Waals surface area (Å²) >= 11 is 0. The molecule has 2 aliphatic carbocycles. The van der Waals surface area contributed by atoms with Crippen LogP contribution in [0.25, 0.3) is 0 Å². The lowest BCUT2D eigenvalue weighted by molar-refractivity contribution is 0.311. The van der Waals surface area contributed by atoms with Crippen LogP contribution >= 0.6 is 0 Å². The summed E-state index contributed by atoms with van der Waals surface area (Å²) in [5.74, 6) is 0.761. The Morgan fingerprint density at radius 2 is 1.84 bits per heavy atom. The minimum absolute atomic E-state index is 0.415. The summed E-state index contributed by atoms with van der Waals surface area (Å²) in [6, 6.07) is 0.513. The van der Waals surface area contributed by atoms with Crippen molar-refractivity contribution in [2.24, 2.45) is 5.92 Å². The van der Waals surface area contributed by atoms with Gasteiger partial charge in [-0.25, -0.2) is 0 Å². The molecule has 0 radical (unpaired) electrons. The monoisotopic (exact) mass is 285 g/mol. The van der Waals surface area contributed by atoms with Gasteiger partial charge in [0.15, 0.2) is 0 Å². The molecule has 3 heteroatoms. The summed E-state index contributed by atoms with van der Waals surface area (Å²) in [6.07, 6.45) is 11.2. The lowest BCUT2D eigenvalue weighted by Gasteiger charge is -2.37. The van der Waals surface area contributed by atoms with Crippen LogP contribution in [0.2, 0.25) is 0 Å². The van der Waals surface area contributed by atoms with Gasteiger partial charge in [-0.2, -0.15) is 0 Å². The zero-order valence-corrected chi connectivity index (χ0v) is 13.5. The maximum Gasteiger partial charge on any atom is 0.0506 e. The first-order valence-electron chi connectivity index (χ1n) is 8.35. The summed E-state index contributed by atoms with van der Waals surface area (Å²) in [6.45, 7) is 5.63. The SMILES string of the molecule is CCCNC1CCC(C)CC1S(=O)C1CCCCC1. The van der Waals surface area contributed by atoms with E-state index in [-0.39, 0.29) is 0 Å². The molecule has 2 fully saturated rings. The summed E-state index contributed by atoms with van der Waals surface area (Å²) in [7, 11) is -0.610. The molecule has 2 saturated carbocycles. The van der Waals surface area contributed by atoms with Gasteiger partial charge in [-0.3, -0.25) is 4.21 Å². The van der Waals surface area contributed by atoms with Gasteiger partial charge in [-0.15, -0.1) is 0 Å². The van der Waals surface area contributed by atoms with Gasteiger partial charge in [0.1, 0.15) is 0 Å². The van der Waals surface area contributed by atoms with Crippen molar-refractivity contribution in [2.45, 2.75) is 88.2 Å². The number of hydrogen-bond acceptors (Lipinski definition) is 2. The fourth-order valence-corrected chi connectivity index (χ4v) is 6.06. The van der Waals surface area contributed by atoms with Crippen molar-refractivity contribution >= 4 is 10.8 Å². The molecule has 2 aliphatic rings. The van der Waals surface area contributed by atoms with E-state index < -0.39 is 10.8 Å². The second-order valence-corrected chi connectivity index (χ2v) is 8.54. The second-order valence-electron chi connectivity index (χ2n) is 6.61. The van der Waals surface area contributed by atoms with Crippen LogP contribution in [0.15, 0.2) is 0 Å².